The van der Waals surface area contributed by atoms with Gasteiger partial charge in [0.2, 0.25) is 6.79 Å². The van der Waals surface area contributed by atoms with E-state index in [0.717, 1.165) is 24.5 Å². The first-order valence-electron chi connectivity index (χ1n) is 6.96. The third-order valence-electron chi connectivity index (χ3n) is 4.03. The van der Waals surface area contributed by atoms with Gasteiger partial charge in [-0.05, 0) is 47.7 Å². The number of fused-ring (bicyclic) bond motifs is 4. The van der Waals surface area contributed by atoms with Crippen LogP contribution in [0.5, 0.6) is 11.5 Å². The highest BCUT2D eigenvalue weighted by atomic mass is 16.7. The van der Waals surface area contributed by atoms with E-state index in [-0.39, 0.29) is 6.10 Å². The molecule has 102 valence electrons. The van der Waals surface area contributed by atoms with Gasteiger partial charge in [0.05, 0.1) is 12.7 Å². The number of rotatable bonds is 0. The Kier molecular flexibility index (Phi) is 2.67. The van der Waals surface area contributed by atoms with Crippen molar-refractivity contribution in [2.24, 2.45) is 0 Å². The van der Waals surface area contributed by atoms with Crippen LogP contribution in [0.3, 0.4) is 0 Å². The third kappa shape index (κ3) is 1.78. The summed E-state index contributed by atoms with van der Waals surface area (Å²) in [7, 11) is 0. The minimum absolute atomic E-state index is 0.0628. The predicted octanol–water partition coefficient (Wildman–Crippen LogP) is 3.72. The van der Waals surface area contributed by atoms with Gasteiger partial charge in [0.15, 0.2) is 11.5 Å². The summed E-state index contributed by atoms with van der Waals surface area (Å²) >= 11 is 0. The Bertz CT molecular complexity index is 663. The van der Waals surface area contributed by atoms with Crippen LogP contribution in [0.4, 0.5) is 0 Å². The zero-order valence-corrected chi connectivity index (χ0v) is 11.4. The average molecular weight is 268 g/mol. The summed E-state index contributed by atoms with van der Waals surface area (Å²) in [5.74, 6) is 1.64. The first-order chi connectivity index (χ1) is 9.83. The number of benzene rings is 2. The van der Waals surface area contributed by atoms with Gasteiger partial charge >= 0.3 is 0 Å². The van der Waals surface area contributed by atoms with E-state index in [9.17, 15) is 0 Å². The first kappa shape index (κ1) is 11.8. The molecule has 20 heavy (non-hydrogen) atoms. The molecule has 0 fully saturated rings. The molecular weight excluding hydrogens is 252 g/mol. The van der Waals surface area contributed by atoms with Crippen molar-refractivity contribution in [2.45, 2.75) is 19.4 Å². The van der Waals surface area contributed by atoms with Crippen LogP contribution in [0.25, 0.3) is 11.1 Å². The van der Waals surface area contributed by atoms with Crippen molar-refractivity contribution in [3.8, 4) is 22.6 Å². The van der Waals surface area contributed by atoms with Gasteiger partial charge in [0.25, 0.3) is 0 Å². The van der Waals surface area contributed by atoms with Crippen molar-refractivity contribution in [2.75, 3.05) is 13.4 Å². The van der Waals surface area contributed by atoms with Gasteiger partial charge in [-0.3, -0.25) is 0 Å². The molecular formula is C17H16O3. The summed E-state index contributed by atoms with van der Waals surface area (Å²) in [5, 5.41) is 0. The highest BCUT2D eigenvalue weighted by Crippen LogP contribution is 2.43. The molecule has 2 aromatic rings. The van der Waals surface area contributed by atoms with Crippen molar-refractivity contribution in [3.05, 3.63) is 47.5 Å². The van der Waals surface area contributed by atoms with Gasteiger partial charge in [-0.2, -0.15) is 0 Å². The third-order valence-corrected chi connectivity index (χ3v) is 4.03. The highest BCUT2D eigenvalue weighted by Gasteiger charge is 2.23. The van der Waals surface area contributed by atoms with E-state index in [1.165, 1.54) is 22.3 Å². The van der Waals surface area contributed by atoms with E-state index in [0.29, 0.717) is 6.79 Å². The quantitative estimate of drug-likeness (QED) is 0.729. The molecule has 0 amide bonds. The van der Waals surface area contributed by atoms with Gasteiger partial charge in [-0.25, -0.2) is 0 Å². The molecule has 4 rings (SSSR count). The molecule has 2 aromatic carbocycles. The Morgan fingerprint density at radius 3 is 2.70 bits per heavy atom. The maximum Gasteiger partial charge on any atom is 0.231 e. The molecule has 0 bridgehead atoms. The van der Waals surface area contributed by atoms with Crippen LogP contribution in [0.1, 0.15) is 24.2 Å². The standard InChI is InChI=1S/C17H16O3/c1-11-14-8-16-17(20-10-19-16)9-15(14)13-5-3-2-4-12(13)6-7-18-11/h2-5,8-9,11H,6-7,10H2,1H3/t11-/m1/s1. The summed E-state index contributed by atoms with van der Waals surface area (Å²) < 4.78 is 16.9. The minimum Gasteiger partial charge on any atom is -0.454 e. The summed E-state index contributed by atoms with van der Waals surface area (Å²) in [6, 6.07) is 12.7. The fraction of sp³-hybridized carbons (Fsp3) is 0.294. The van der Waals surface area contributed by atoms with E-state index >= 15 is 0 Å². The summed E-state index contributed by atoms with van der Waals surface area (Å²) in [6.07, 6.45) is 1.00. The van der Waals surface area contributed by atoms with Crippen LogP contribution in [-0.2, 0) is 11.2 Å². The van der Waals surface area contributed by atoms with Crippen molar-refractivity contribution < 1.29 is 14.2 Å². The normalized spacial score (nSPS) is 19.8. The monoisotopic (exact) mass is 268 g/mol. The van der Waals surface area contributed by atoms with Crippen molar-refractivity contribution in [3.63, 3.8) is 0 Å². The fourth-order valence-electron chi connectivity index (χ4n) is 2.96. The lowest BCUT2D eigenvalue weighted by atomic mass is 9.90. The molecule has 0 unspecified atom stereocenters. The van der Waals surface area contributed by atoms with E-state index in [1.54, 1.807) is 0 Å². The van der Waals surface area contributed by atoms with Gasteiger partial charge in [0, 0.05) is 0 Å². The zero-order valence-electron chi connectivity index (χ0n) is 11.4. The van der Waals surface area contributed by atoms with Gasteiger partial charge in [0.1, 0.15) is 0 Å². The lowest BCUT2D eigenvalue weighted by Gasteiger charge is -2.23. The molecule has 0 spiro atoms. The molecule has 0 N–H and O–H groups in total. The van der Waals surface area contributed by atoms with Gasteiger partial charge in [-0.1, -0.05) is 24.3 Å². The summed E-state index contributed by atoms with van der Waals surface area (Å²) in [6.45, 7) is 3.14. The van der Waals surface area contributed by atoms with Crippen LogP contribution in [0.2, 0.25) is 0 Å². The summed E-state index contributed by atoms with van der Waals surface area (Å²) in [4.78, 5) is 0. The zero-order chi connectivity index (χ0) is 13.5. The molecule has 1 atom stereocenters. The Morgan fingerprint density at radius 1 is 1.00 bits per heavy atom. The number of hydrogen-bond acceptors (Lipinski definition) is 3. The average Bonchev–Trinajstić information content (AvgIpc) is 2.92. The van der Waals surface area contributed by atoms with Gasteiger partial charge < -0.3 is 14.2 Å². The van der Waals surface area contributed by atoms with Crippen LogP contribution in [0.15, 0.2) is 36.4 Å². The van der Waals surface area contributed by atoms with Crippen molar-refractivity contribution in [1.29, 1.82) is 0 Å². The molecule has 0 aromatic heterocycles. The molecule has 0 radical (unpaired) electrons. The predicted molar refractivity (Wildman–Crippen MR) is 76.1 cm³/mol. The topological polar surface area (TPSA) is 27.7 Å². The van der Waals surface area contributed by atoms with Crippen LogP contribution < -0.4 is 9.47 Å². The van der Waals surface area contributed by atoms with E-state index in [2.05, 4.69) is 43.3 Å². The Labute approximate surface area is 118 Å². The Balaban J connectivity index is 1.98. The maximum absolute atomic E-state index is 5.93. The number of ether oxygens (including phenoxy) is 3. The Morgan fingerprint density at radius 2 is 1.80 bits per heavy atom. The lowest BCUT2D eigenvalue weighted by Crippen LogP contribution is -2.10. The Hall–Kier alpha value is -2.00. The number of hydrogen-bond donors (Lipinski definition) is 0. The lowest BCUT2D eigenvalue weighted by molar-refractivity contribution is 0.0675. The molecule has 2 heterocycles. The van der Waals surface area contributed by atoms with Crippen LogP contribution >= 0.6 is 0 Å². The molecule has 3 heteroatoms. The minimum atomic E-state index is 0.0628. The first-order valence-corrected chi connectivity index (χ1v) is 6.96. The van der Waals surface area contributed by atoms with Crippen LogP contribution in [0, 0.1) is 0 Å². The molecule has 0 saturated carbocycles. The smallest absolute Gasteiger partial charge is 0.231 e. The van der Waals surface area contributed by atoms with Gasteiger partial charge in [-0.15, -0.1) is 0 Å². The second kappa shape index (κ2) is 4.53. The summed E-state index contributed by atoms with van der Waals surface area (Å²) in [5.41, 5.74) is 4.95. The van der Waals surface area contributed by atoms with Crippen molar-refractivity contribution >= 4 is 0 Å². The van der Waals surface area contributed by atoms with E-state index in [4.69, 9.17) is 14.2 Å². The molecule has 2 aliphatic heterocycles. The SMILES string of the molecule is C[C@H]1OCCc2ccccc2-c2cc3c(cc21)OCO3. The highest BCUT2D eigenvalue weighted by molar-refractivity contribution is 5.75. The van der Waals surface area contributed by atoms with Crippen LogP contribution in [-0.4, -0.2) is 13.4 Å². The molecule has 0 saturated heterocycles. The second-order valence-corrected chi connectivity index (χ2v) is 5.21. The van der Waals surface area contributed by atoms with Crippen molar-refractivity contribution in [1.82, 2.24) is 0 Å². The largest absolute Gasteiger partial charge is 0.454 e. The molecule has 2 aliphatic rings. The maximum atomic E-state index is 5.93. The van der Waals surface area contributed by atoms with E-state index < -0.39 is 0 Å². The second-order valence-electron chi connectivity index (χ2n) is 5.21. The van der Waals surface area contributed by atoms with E-state index in [1.807, 2.05) is 0 Å². The molecule has 0 aliphatic carbocycles. The fourth-order valence-corrected chi connectivity index (χ4v) is 2.96. The molecule has 3 nitrogen and oxygen atoms in total.